The fourth-order valence-corrected chi connectivity index (χ4v) is 6.25. The highest BCUT2D eigenvalue weighted by molar-refractivity contribution is 7.11. The van der Waals surface area contributed by atoms with Crippen LogP contribution in [-0.4, -0.2) is 16.2 Å². The van der Waals surface area contributed by atoms with Crippen molar-refractivity contribution >= 4 is 28.6 Å². The molecular weight excluding hydrogens is 364 g/mol. The first-order valence-electron chi connectivity index (χ1n) is 8.98. The van der Waals surface area contributed by atoms with E-state index in [9.17, 15) is 10.4 Å². The van der Waals surface area contributed by atoms with E-state index in [4.69, 9.17) is 11.6 Å². The highest BCUT2D eigenvalue weighted by atomic mass is 35.5. The molecule has 1 aliphatic carbocycles. The number of nitriles is 1. The van der Waals surface area contributed by atoms with Crippen LogP contribution in [0.15, 0.2) is 17.5 Å². The van der Waals surface area contributed by atoms with Crippen LogP contribution in [0, 0.1) is 18.3 Å². The molecule has 1 aliphatic heterocycles. The van der Waals surface area contributed by atoms with Crippen LogP contribution >= 0.6 is 22.9 Å². The summed E-state index contributed by atoms with van der Waals surface area (Å²) in [5.74, 6) is 0. The van der Waals surface area contributed by atoms with Crippen molar-refractivity contribution in [1.29, 1.82) is 5.26 Å². The Morgan fingerprint density at radius 2 is 2.00 bits per heavy atom. The van der Waals surface area contributed by atoms with E-state index in [2.05, 4.69) is 38.2 Å². The maximum Gasteiger partial charge on any atom is 0.110 e. The Morgan fingerprint density at radius 3 is 2.65 bits per heavy atom. The van der Waals surface area contributed by atoms with Crippen molar-refractivity contribution in [3.8, 4) is 17.2 Å². The number of thiophene rings is 1. The van der Waals surface area contributed by atoms with Gasteiger partial charge in [0.05, 0.1) is 21.8 Å². The van der Waals surface area contributed by atoms with Crippen LogP contribution in [0.3, 0.4) is 0 Å². The molecule has 0 saturated heterocycles. The van der Waals surface area contributed by atoms with Gasteiger partial charge in [0.25, 0.3) is 0 Å². The summed E-state index contributed by atoms with van der Waals surface area (Å²) >= 11 is 8.17. The van der Waals surface area contributed by atoms with Gasteiger partial charge in [0.1, 0.15) is 10.9 Å². The Hall–Kier alpha value is -1.54. The topological polar surface area (TPSA) is 56.0 Å². The van der Waals surface area contributed by atoms with E-state index in [-0.39, 0.29) is 5.41 Å². The van der Waals surface area contributed by atoms with Crippen LogP contribution in [0.1, 0.15) is 56.0 Å². The van der Waals surface area contributed by atoms with Crippen molar-refractivity contribution in [3.63, 3.8) is 0 Å². The second-order valence-electron chi connectivity index (χ2n) is 8.39. The summed E-state index contributed by atoms with van der Waals surface area (Å²) in [5.41, 5.74) is 3.45. The van der Waals surface area contributed by atoms with Crippen molar-refractivity contribution < 1.29 is 5.11 Å². The normalized spacial score (nSPS) is 28.8. The number of fused-ring (bicyclic) bond motifs is 3. The van der Waals surface area contributed by atoms with E-state index < -0.39 is 11.1 Å². The molecule has 2 unspecified atom stereocenters. The maximum atomic E-state index is 11.6. The standard InChI is InChI=1S/C21H23ClN2OS/c1-12-14(11-26-17(12)10-23)13-8-15-18(16(22)9-13)24-19(2,3)21(25)7-5-6-20(15,21)4/h8-9,11,24-25H,5-7H2,1-4H3. The number of benzene rings is 1. The lowest BCUT2D eigenvalue weighted by molar-refractivity contribution is -0.0628. The zero-order valence-corrected chi connectivity index (χ0v) is 17.1. The van der Waals surface area contributed by atoms with Crippen LogP contribution in [0.25, 0.3) is 11.1 Å². The largest absolute Gasteiger partial charge is 0.387 e. The van der Waals surface area contributed by atoms with Crippen LogP contribution in [0.5, 0.6) is 0 Å². The van der Waals surface area contributed by atoms with E-state index in [1.54, 1.807) is 0 Å². The third-order valence-corrected chi connectivity index (χ3v) is 8.02. The van der Waals surface area contributed by atoms with E-state index in [0.29, 0.717) is 5.02 Å². The molecule has 1 saturated carbocycles. The molecule has 5 heteroatoms. The van der Waals surface area contributed by atoms with Gasteiger partial charge in [-0.25, -0.2) is 0 Å². The van der Waals surface area contributed by atoms with Crippen LogP contribution in [0.4, 0.5) is 5.69 Å². The predicted octanol–water partition coefficient (Wildman–Crippen LogP) is 5.63. The molecule has 0 amide bonds. The molecule has 2 atom stereocenters. The highest BCUT2D eigenvalue weighted by Crippen LogP contribution is 2.60. The van der Waals surface area contributed by atoms with Gasteiger partial charge in [-0.2, -0.15) is 5.26 Å². The third-order valence-electron chi connectivity index (χ3n) is 6.74. The Kier molecular flexibility index (Phi) is 3.76. The van der Waals surface area contributed by atoms with E-state index in [0.717, 1.165) is 52.1 Å². The predicted molar refractivity (Wildman–Crippen MR) is 108 cm³/mol. The number of hydrogen-bond donors (Lipinski definition) is 2. The van der Waals surface area contributed by atoms with Crippen molar-refractivity contribution in [3.05, 3.63) is 38.5 Å². The Balaban J connectivity index is 1.96. The summed E-state index contributed by atoms with van der Waals surface area (Å²) in [6.07, 6.45) is 2.71. The molecule has 0 spiro atoms. The lowest BCUT2D eigenvalue weighted by atomic mass is 9.60. The minimum Gasteiger partial charge on any atom is -0.387 e. The van der Waals surface area contributed by atoms with Crippen molar-refractivity contribution in [2.45, 2.75) is 63.5 Å². The number of nitrogens with one attached hydrogen (secondary N) is 1. The number of hydrogen-bond acceptors (Lipinski definition) is 4. The number of nitrogens with zero attached hydrogens (tertiary/aromatic N) is 1. The molecule has 1 fully saturated rings. The van der Waals surface area contributed by atoms with Gasteiger partial charge in [-0.15, -0.1) is 11.3 Å². The zero-order chi connectivity index (χ0) is 18.9. The lowest BCUT2D eigenvalue weighted by Crippen LogP contribution is -2.65. The number of rotatable bonds is 1. The Labute approximate surface area is 163 Å². The van der Waals surface area contributed by atoms with E-state index in [1.165, 1.54) is 11.3 Å². The average Bonchev–Trinajstić information content (AvgIpc) is 3.10. The quantitative estimate of drug-likeness (QED) is 0.668. The summed E-state index contributed by atoms with van der Waals surface area (Å²) in [6, 6.07) is 6.39. The minimum absolute atomic E-state index is 0.348. The van der Waals surface area contributed by atoms with Crippen molar-refractivity contribution in [2.24, 2.45) is 0 Å². The van der Waals surface area contributed by atoms with Gasteiger partial charge in [-0.3, -0.25) is 0 Å². The number of halogens is 1. The van der Waals surface area contributed by atoms with E-state index in [1.807, 2.05) is 18.4 Å². The number of anilines is 1. The van der Waals surface area contributed by atoms with Crippen LogP contribution < -0.4 is 5.32 Å². The van der Waals surface area contributed by atoms with Gasteiger partial charge in [0.15, 0.2) is 0 Å². The molecule has 2 aliphatic rings. The molecule has 0 bridgehead atoms. The van der Waals surface area contributed by atoms with Crippen molar-refractivity contribution in [1.82, 2.24) is 0 Å². The molecule has 2 heterocycles. The average molecular weight is 387 g/mol. The molecule has 0 radical (unpaired) electrons. The molecule has 2 N–H and O–H groups in total. The summed E-state index contributed by atoms with van der Waals surface area (Å²) < 4.78 is 0. The molecule has 1 aromatic carbocycles. The summed E-state index contributed by atoms with van der Waals surface area (Å²) in [5, 5.41) is 27.1. The number of aliphatic hydroxyl groups is 1. The highest BCUT2D eigenvalue weighted by Gasteiger charge is 2.63. The Bertz CT molecular complexity index is 958. The fourth-order valence-electron chi connectivity index (χ4n) is 5.09. The molecule has 1 aromatic heterocycles. The molecule has 4 rings (SSSR count). The SMILES string of the molecule is Cc1c(-c2cc(Cl)c3c(c2)C2(C)CCCC2(O)C(C)(C)N3)csc1C#N. The monoisotopic (exact) mass is 386 g/mol. The second-order valence-corrected chi connectivity index (χ2v) is 9.68. The second kappa shape index (κ2) is 5.48. The first kappa shape index (κ1) is 17.9. The van der Waals surface area contributed by atoms with Crippen LogP contribution in [0.2, 0.25) is 5.02 Å². The third kappa shape index (κ3) is 2.08. The first-order chi connectivity index (χ1) is 12.1. The van der Waals surface area contributed by atoms with Gasteiger partial charge >= 0.3 is 0 Å². The van der Waals surface area contributed by atoms with Gasteiger partial charge < -0.3 is 10.4 Å². The summed E-state index contributed by atoms with van der Waals surface area (Å²) in [6.45, 7) is 8.27. The lowest BCUT2D eigenvalue weighted by Gasteiger charge is -2.55. The Morgan fingerprint density at radius 1 is 1.27 bits per heavy atom. The zero-order valence-electron chi connectivity index (χ0n) is 15.5. The summed E-state index contributed by atoms with van der Waals surface area (Å²) in [4.78, 5) is 0.733. The van der Waals surface area contributed by atoms with Gasteiger partial charge in [0.2, 0.25) is 0 Å². The maximum absolute atomic E-state index is 11.6. The fraction of sp³-hybridized carbons (Fsp3) is 0.476. The van der Waals surface area contributed by atoms with Gasteiger partial charge in [0, 0.05) is 10.8 Å². The van der Waals surface area contributed by atoms with Crippen LogP contribution in [-0.2, 0) is 5.41 Å². The molecular formula is C21H23ClN2OS. The van der Waals surface area contributed by atoms with E-state index >= 15 is 0 Å². The smallest absolute Gasteiger partial charge is 0.110 e. The molecule has 3 nitrogen and oxygen atoms in total. The van der Waals surface area contributed by atoms with Gasteiger partial charge in [-0.05, 0) is 74.4 Å². The molecule has 26 heavy (non-hydrogen) atoms. The first-order valence-corrected chi connectivity index (χ1v) is 10.2. The summed E-state index contributed by atoms with van der Waals surface area (Å²) in [7, 11) is 0. The molecule has 2 aromatic rings. The molecule has 136 valence electrons. The minimum atomic E-state index is -0.823. The van der Waals surface area contributed by atoms with Gasteiger partial charge in [-0.1, -0.05) is 18.5 Å². The van der Waals surface area contributed by atoms with Crippen molar-refractivity contribution in [2.75, 3.05) is 5.32 Å².